The van der Waals surface area contributed by atoms with Gasteiger partial charge in [0, 0.05) is 6.04 Å². The van der Waals surface area contributed by atoms with E-state index in [0.29, 0.717) is 0 Å². The van der Waals surface area contributed by atoms with Crippen molar-refractivity contribution in [3.8, 4) is 0 Å². The van der Waals surface area contributed by atoms with E-state index in [2.05, 4.69) is 25.5 Å². The van der Waals surface area contributed by atoms with Gasteiger partial charge in [-0.1, -0.05) is 51.1 Å². The molecule has 1 aromatic rings. The third-order valence-electron chi connectivity index (χ3n) is 2.95. The minimum atomic E-state index is -3.27. The topological polar surface area (TPSA) is 46.2 Å². The molecule has 0 bridgehead atoms. The molecule has 108 valence electrons. The molecule has 0 fully saturated rings. The molecule has 0 aliphatic rings. The molecular formula is C15H25NO2S. The van der Waals surface area contributed by atoms with Crippen molar-refractivity contribution in [1.29, 1.82) is 0 Å². The molecule has 0 aromatic heterocycles. The summed E-state index contributed by atoms with van der Waals surface area (Å²) in [6, 6.07) is 9.59. The molecule has 19 heavy (non-hydrogen) atoms. The predicted octanol–water partition coefficient (Wildman–Crippen LogP) is 3.49. The van der Waals surface area contributed by atoms with Gasteiger partial charge in [-0.05, 0) is 31.2 Å². The van der Waals surface area contributed by atoms with Crippen LogP contribution in [0.5, 0.6) is 0 Å². The summed E-state index contributed by atoms with van der Waals surface area (Å²) in [5.74, 6) is 0. The standard InChI is InChI=1S/C15H25NO2S/c1-12(2)19(17,18)16-14(11-15(3,4)5)13-9-7-6-8-10-13/h6-10,12,14,16H,11H2,1-5H3. The van der Waals surface area contributed by atoms with Crippen LogP contribution in [0.3, 0.4) is 0 Å². The van der Waals surface area contributed by atoms with E-state index in [1.807, 2.05) is 30.3 Å². The molecule has 0 radical (unpaired) electrons. The van der Waals surface area contributed by atoms with Crippen LogP contribution < -0.4 is 4.72 Å². The van der Waals surface area contributed by atoms with Gasteiger partial charge in [0.2, 0.25) is 10.0 Å². The maximum atomic E-state index is 12.1. The summed E-state index contributed by atoms with van der Waals surface area (Å²) in [6.07, 6.45) is 0.767. The molecule has 0 saturated heterocycles. The monoisotopic (exact) mass is 283 g/mol. The average molecular weight is 283 g/mol. The van der Waals surface area contributed by atoms with Gasteiger partial charge in [0.05, 0.1) is 5.25 Å². The van der Waals surface area contributed by atoms with E-state index in [4.69, 9.17) is 0 Å². The molecule has 0 spiro atoms. The molecule has 4 heteroatoms. The van der Waals surface area contributed by atoms with Crippen LogP contribution in [0, 0.1) is 5.41 Å². The first-order valence-electron chi connectivity index (χ1n) is 6.68. The fraction of sp³-hybridized carbons (Fsp3) is 0.600. The Hall–Kier alpha value is -0.870. The highest BCUT2D eigenvalue weighted by Gasteiger charge is 2.26. The van der Waals surface area contributed by atoms with Gasteiger partial charge in [-0.3, -0.25) is 0 Å². The Balaban J connectivity index is 3.01. The fourth-order valence-electron chi connectivity index (χ4n) is 1.86. The van der Waals surface area contributed by atoms with E-state index in [0.717, 1.165) is 12.0 Å². The number of rotatable bonds is 5. The number of sulfonamides is 1. The molecule has 0 heterocycles. The zero-order valence-electron chi connectivity index (χ0n) is 12.5. The van der Waals surface area contributed by atoms with Gasteiger partial charge in [-0.15, -0.1) is 0 Å². The van der Waals surface area contributed by atoms with E-state index >= 15 is 0 Å². The molecule has 1 unspecified atom stereocenters. The van der Waals surface area contributed by atoms with Crippen LogP contribution in [0.1, 0.15) is 52.6 Å². The molecule has 0 aliphatic heterocycles. The second kappa shape index (κ2) is 6.06. The second-order valence-corrected chi connectivity index (χ2v) is 8.71. The highest BCUT2D eigenvalue weighted by Crippen LogP contribution is 2.30. The Kier molecular flexibility index (Phi) is 5.16. The highest BCUT2D eigenvalue weighted by atomic mass is 32.2. The lowest BCUT2D eigenvalue weighted by Gasteiger charge is -2.27. The Morgan fingerprint density at radius 2 is 1.63 bits per heavy atom. The average Bonchev–Trinajstić information content (AvgIpc) is 2.27. The van der Waals surface area contributed by atoms with Gasteiger partial charge in [-0.2, -0.15) is 0 Å². The van der Waals surface area contributed by atoms with Crippen molar-refractivity contribution in [1.82, 2.24) is 4.72 Å². The predicted molar refractivity (Wildman–Crippen MR) is 80.4 cm³/mol. The van der Waals surface area contributed by atoms with Crippen LogP contribution in [-0.4, -0.2) is 13.7 Å². The quantitative estimate of drug-likeness (QED) is 0.899. The Bertz CT molecular complexity index is 487. The van der Waals surface area contributed by atoms with Gasteiger partial charge in [-0.25, -0.2) is 13.1 Å². The molecule has 1 N–H and O–H groups in total. The van der Waals surface area contributed by atoms with Crippen LogP contribution in [0.15, 0.2) is 30.3 Å². The van der Waals surface area contributed by atoms with E-state index in [-0.39, 0.29) is 11.5 Å². The minimum Gasteiger partial charge on any atom is -0.212 e. The molecule has 1 rings (SSSR count). The first-order valence-corrected chi connectivity index (χ1v) is 8.22. The van der Waals surface area contributed by atoms with Crippen LogP contribution in [0.2, 0.25) is 0 Å². The Morgan fingerprint density at radius 3 is 2.05 bits per heavy atom. The summed E-state index contributed by atoms with van der Waals surface area (Å²) in [5, 5.41) is -0.418. The highest BCUT2D eigenvalue weighted by molar-refractivity contribution is 7.90. The van der Waals surface area contributed by atoms with E-state index in [1.165, 1.54) is 0 Å². The first kappa shape index (κ1) is 16.2. The number of benzene rings is 1. The van der Waals surface area contributed by atoms with Gasteiger partial charge in [0.25, 0.3) is 0 Å². The van der Waals surface area contributed by atoms with Gasteiger partial charge in [0.1, 0.15) is 0 Å². The lowest BCUT2D eigenvalue weighted by Crippen LogP contribution is -2.35. The van der Waals surface area contributed by atoms with Crippen molar-refractivity contribution in [2.24, 2.45) is 5.41 Å². The number of hydrogen-bond acceptors (Lipinski definition) is 2. The van der Waals surface area contributed by atoms with Gasteiger partial charge in [0.15, 0.2) is 0 Å². The maximum absolute atomic E-state index is 12.1. The summed E-state index contributed by atoms with van der Waals surface area (Å²) in [4.78, 5) is 0. The van der Waals surface area contributed by atoms with Crippen LogP contribution in [0.4, 0.5) is 0 Å². The second-order valence-electron chi connectivity index (χ2n) is 6.44. The smallest absolute Gasteiger partial charge is 0.212 e. The third-order valence-corrected chi connectivity index (χ3v) is 4.80. The Morgan fingerprint density at radius 1 is 1.11 bits per heavy atom. The molecule has 0 amide bonds. The van der Waals surface area contributed by atoms with E-state index < -0.39 is 15.3 Å². The fourth-order valence-corrected chi connectivity index (χ4v) is 2.75. The molecular weight excluding hydrogens is 258 g/mol. The summed E-state index contributed by atoms with van der Waals surface area (Å²) in [7, 11) is -3.27. The summed E-state index contributed by atoms with van der Waals surface area (Å²) >= 11 is 0. The van der Waals surface area contributed by atoms with E-state index in [1.54, 1.807) is 13.8 Å². The van der Waals surface area contributed by atoms with Crippen LogP contribution in [0.25, 0.3) is 0 Å². The SMILES string of the molecule is CC(C)S(=O)(=O)NC(CC(C)(C)C)c1ccccc1. The van der Waals surface area contributed by atoms with Crippen molar-refractivity contribution < 1.29 is 8.42 Å². The summed E-state index contributed by atoms with van der Waals surface area (Å²) in [5.41, 5.74) is 1.07. The lowest BCUT2D eigenvalue weighted by molar-refractivity contribution is 0.330. The van der Waals surface area contributed by atoms with Gasteiger partial charge < -0.3 is 0 Å². The van der Waals surface area contributed by atoms with Crippen molar-refractivity contribution in [2.45, 2.75) is 52.3 Å². The summed E-state index contributed by atoms with van der Waals surface area (Å²) in [6.45, 7) is 9.74. The molecule has 1 aromatic carbocycles. The number of nitrogens with one attached hydrogen (secondary N) is 1. The maximum Gasteiger partial charge on any atom is 0.214 e. The zero-order chi connectivity index (χ0) is 14.7. The van der Waals surface area contributed by atoms with Crippen molar-refractivity contribution in [3.63, 3.8) is 0 Å². The van der Waals surface area contributed by atoms with Crippen molar-refractivity contribution >= 4 is 10.0 Å². The Labute approximate surface area is 117 Å². The molecule has 1 atom stereocenters. The largest absolute Gasteiger partial charge is 0.214 e. The molecule has 0 aliphatic carbocycles. The van der Waals surface area contributed by atoms with Crippen LogP contribution >= 0.6 is 0 Å². The minimum absolute atomic E-state index is 0.0556. The van der Waals surface area contributed by atoms with E-state index in [9.17, 15) is 8.42 Å². The molecule has 3 nitrogen and oxygen atoms in total. The van der Waals surface area contributed by atoms with Gasteiger partial charge >= 0.3 is 0 Å². The van der Waals surface area contributed by atoms with Crippen molar-refractivity contribution in [2.75, 3.05) is 0 Å². The molecule has 0 saturated carbocycles. The first-order chi connectivity index (χ1) is 8.62. The summed E-state index contributed by atoms with van der Waals surface area (Å²) < 4.78 is 27.0. The lowest BCUT2D eigenvalue weighted by atomic mass is 9.86. The zero-order valence-corrected chi connectivity index (χ0v) is 13.3. The number of hydrogen-bond donors (Lipinski definition) is 1. The normalized spacial score (nSPS) is 14.6. The van der Waals surface area contributed by atoms with Crippen LogP contribution in [-0.2, 0) is 10.0 Å². The van der Waals surface area contributed by atoms with Crippen molar-refractivity contribution in [3.05, 3.63) is 35.9 Å². The third kappa shape index (κ3) is 5.33.